The quantitative estimate of drug-likeness (QED) is 0.804. The van der Waals surface area contributed by atoms with Crippen LogP contribution in [0.25, 0.3) is 0 Å². The van der Waals surface area contributed by atoms with E-state index in [-0.39, 0.29) is 23.3 Å². The van der Waals surface area contributed by atoms with Crippen LogP contribution < -0.4 is 10.1 Å². The molecule has 28 heavy (non-hydrogen) atoms. The zero-order valence-electron chi connectivity index (χ0n) is 16.2. The lowest BCUT2D eigenvalue weighted by Crippen LogP contribution is -2.43. The number of carbonyl (C=O) groups is 1. The average Bonchev–Trinajstić information content (AvgIpc) is 2.74. The molecule has 1 saturated heterocycles. The summed E-state index contributed by atoms with van der Waals surface area (Å²) in [5, 5.41) is 2.98. The molecule has 1 amide bonds. The maximum atomic E-state index is 13.0. The molecular formula is C21H26N2O4S. The van der Waals surface area contributed by atoms with Crippen LogP contribution in [0.1, 0.15) is 25.3 Å². The Morgan fingerprint density at radius 2 is 1.89 bits per heavy atom. The summed E-state index contributed by atoms with van der Waals surface area (Å²) in [7, 11) is -2.11. The van der Waals surface area contributed by atoms with Crippen molar-refractivity contribution in [3.63, 3.8) is 0 Å². The Morgan fingerprint density at radius 1 is 1.18 bits per heavy atom. The zero-order chi connectivity index (χ0) is 20.1. The number of hydrogen-bond acceptors (Lipinski definition) is 4. The van der Waals surface area contributed by atoms with E-state index in [1.807, 2.05) is 31.2 Å². The van der Waals surface area contributed by atoms with E-state index >= 15 is 0 Å². The van der Waals surface area contributed by atoms with Gasteiger partial charge in [0, 0.05) is 18.8 Å². The normalized spacial score (nSPS) is 17.9. The van der Waals surface area contributed by atoms with Crippen LogP contribution in [-0.2, 0) is 21.2 Å². The van der Waals surface area contributed by atoms with E-state index in [4.69, 9.17) is 4.74 Å². The molecule has 0 radical (unpaired) electrons. The highest BCUT2D eigenvalue weighted by molar-refractivity contribution is 7.89. The first-order chi connectivity index (χ1) is 13.5. The molecule has 6 nitrogen and oxygen atoms in total. The number of anilines is 1. The van der Waals surface area contributed by atoms with Gasteiger partial charge in [-0.1, -0.05) is 25.1 Å². The number of para-hydroxylation sites is 1. The fourth-order valence-corrected chi connectivity index (χ4v) is 4.98. The molecule has 3 rings (SSSR count). The van der Waals surface area contributed by atoms with Gasteiger partial charge in [-0.3, -0.25) is 4.79 Å². The lowest BCUT2D eigenvalue weighted by atomic mass is 9.98. The number of benzene rings is 2. The molecule has 0 aliphatic carbocycles. The maximum absolute atomic E-state index is 13.0. The summed E-state index contributed by atoms with van der Waals surface area (Å²) >= 11 is 0. The van der Waals surface area contributed by atoms with Crippen molar-refractivity contribution in [3.05, 3.63) is 54.1 Å². The summed E-state index contributed by atoms with van der Waals surface area (Å²) in [6.45, 7) is 2.65. The molecule has 7 heteroatoms. The lowest BCUT2D eigenvalue weighted by molar-refractivity contribution is -0.120. The Morgan fingerprint density at radius 3 is 2.57 bits per heavy atom. The smallest absolute Gasteiger partial charge is 0.243 e. The number of piperidine rings is 1. The molecule has 0 aromatic heterocycles. The Balaban J connectivity index is 1.73. The van der Waals surface area contributed by atoms with Crippen molar-refractivity contribution in [1.29, 1.82) is 0 Å². The monoisotopic (exact) mass is 402 g/mol. The summed E-state index contributed by atoms with van der Waals surface area (Å²) in [5.41, 5.74) is 1.86. The molecular weight excluding hydrogens is 376 g/mol. The number of nitrogens with zero attached hydrogens (tertiary/aromatic N) is 1. The van der Waals surface area contributed by atoms with Gasteiger partial charge in [-0.2, -0.15) is 4.31 Å². The summed E-state index contributed by atoms with van der Waals surface area (Å²) in [6.07, 6.45) is 2.15. The third kappa shape index (κ3) is 4.36. The number of nitrogens with one attached hydrogen (secondary N) is 1. The number of rotatable bonds is 6. The van der Waals surface area contributed by atoms with Crippen molar-refractivity contribution in [3.8, 4) is 5.75 Å². The van der Waals surface area contributed by atoms with Crippen molar-refractivity contribution in [1.82, 2.24) is 4.31 Å². The minimum absolute atomic E-state index is 0.129. The Hall–Kier alpha value is -2.38. The summed E-state index contributed by atoms with van der Waals surface area (Å²) in [4.78, 5) is 13.0. The van der Waals surface area contributed by atoms with Crippen LogP contribution in [0, 0.1) is 5.92 Å². The molecule has 1 heterocycles. The largest absolute Gasteiger partial charge is 0.497 e. The van der Waals surface area contributed by atoms with Crippen LogP contribution in [0.5, 0.6) is 5.75 Å². The van der Waals surface area contributed by atoms with Gasteiger partial charge in [-0.25, -0.2) is 8.42 Å². The predicted molar refractivity (Wildman–Crippen MR) is 109 cm³/mol. The third-order valence-electron chi connectivity index (χ3n) is 5.11. The number of sulfonamides is 1. The van der Waals surface area contributed by atoms with Gasteiger partial charge in [0.2, 0.25) is 15.9 Å². The van der Waals surface area contributed by atoms with E-state index in [9.17, 15) is 13.2 Å². The molecule has 0 spiro atoms. The second kappa shape index (κ2) is 8.75. The number of aryl methyl sites for hydroxylation is 1. The Kier molecular flexibility index (Phi) is 6.36. The van der Waals surface area contributed by atoms with Crippen molar-refractivity contribution < 1.29 is 17.9 Å². The first kappa shape index (κ1) is 20.4. The topological polar surface area (TPSA) is 75.7 Å². The Bertz CT molecular complexity index is 926. The number of carbonyl (C=O) groups excluding carboxylic acids is 1. The zero-order valence-corrected chi connectivity index (χ0v) is 17.0. The third-order valence-corrected chi connectivity index (χ3v) is 6.99. The molecule has 1 aliphatic heterocycles. The van der Waals surface area contributed by atoms with Crippen LogP contribution >= 0.6 is 0 Å². The highest BCUT2D eigenvalue weighted by atomic mass is 32.2. The average molecular weight is 403 g/mol. The van der Waals surface area contributed by atoms with Crippen molar-refractivity contribution in [2.45, 2.75) is 31.1 Å². The Labute approximate surface area is 166 Å². The van der Waals surface area contributed by atoms with E-state index in [0.29, 0.717) is 25.1 Å². The molecule has 150 valence electrons. The van der Waals surface area contributed by atoms with Crippen LogP contribution in [0.15, 0.2) is 53.4 Å². The lowest BCUT2D eigenvalue weighted by Gasteiger charge is -2.31. The molecule has 0 saturated carbocycles. The van der Waals surface area contributed by atoms with Gasteiger partial charge in [-0.05, 0) is 55.2 Å². The number of ether oxygens (including phenoxy) is 1. The fraction of sp³-hybridized carbons (Fsp3) is 0.381. The highest BCUT2D eigenvalue weighted by Crippen LogP contribution is 2.26. The van der Waals surface area contributed by atoms with Gasteiger partial charge in [0.15, 0.2) is 0 Å². The van der Waals surface area contributed by atoms with Gasteiger partial charge in [0.05, 0.1) is 17.9 Å². The van der Waals surface area contributed by atoms with Crippen LogP contribution in [-0.4, -0.2) is 38.8 Å². The van der Waals surface area contributed by atoms with E-state index in [1.165, 1.54) is 23.5 Å². The molecule has 2 aromatic carbocycles. The molecule has 0 unspecified atom stereocenters. The van der Waals surface area contributed by atoms with Gasteiger partial charge < -0.3 is 10.1 Å². The van der Waals surface area contributed by atoms with Crippen molar-refractivity contribution in [2.24, 2.45) is 5.92 Å². The molecule has 2 aromatic rings. The first-order valence-corrected chi connectivity index (χ1v) is 10.9. The summed E-state index contributed by atoms with van der Waals surface area (Å²) in [6, 6.07) is 14.0. The molecule has 1 aliphatic rings. The predicted octanol–water partition coefficient (Wildman–Crippen LogP) is 3.30. The SMILES string of the molecule is CCc1ccccc1NC(=O)[C@@H]1CCCN(S(=O)(=O)c2ccc(OC)cc2)C1. The maximum Gasteiger partial charge on any atom is 0.243 e. The van der Waals surface area contributed by atoms with Crippen LogP contribution in [0.3, 0.4) is 0 Å². The molecule has 1 atom stereocenters. The number of amides is 1. The molecule has 0 bridgehead atoms. The standard InChI is InChI=1S/C21H26N2O4S/c1-3-16-7-4-5-9-20(16)22-21(24)17-8-6-14-23(15-17)28(25,26)19-12-10-18(27-2)11-13-19/h4-5,7,9-13,17H,3,6,8,14-15H2,1-2H3,(H,22,24)/t17-/m1/s1. The van der Waals surface area contributed by atoms with E-state index in [0.717, 1.165) is 17.7 Å². The summed E-state index contributed by atoms with van der Waals surface area (Å²) < 4.78 is 32.4. The van der Waals surface area contributed by atoms with Gasteiger partial charge in [0.1, 0.15) is 5.75 Å². The molecule has 1 fully saturated rings. The van der Waals surface area contributed by atoms with Crippen LogP contribution in [0.2, 0.25) is 0 Å². The number of methoxy groups -OCH3 is 1. The van der Waals surface area contributed by atoms with Crippen LogP contribution in [0.4, 0.5) is 5.69 Å². The highest BCUT2D eigenvalue weighted by Gasteiger charge is 2.33. The second-order valence-electron chi connectivity index (χ2n) is 6.88. The van der Waals surface area contributed by atoms with Gasteiger partial charge in [0.25, 0.3) is 0 Å². The van der Waals surface area contributed by atoms with Crippen molar-refractivity contribution >= 4 is 21.6 Å². The van der Waals surface area contributed by atoms with E-state index < -0.39 is 10.0 Å². The number of hydrogen-bond donors (Lipinski definition) is 1. The minimum atomic E-state index is -3.64. The second-order valence-corrected chi connectivity index (χ2v) is 8.82. The van der Waals surface area contributed by atoms with Gasteiger partial charge in [-0.15, -0.1) is 0 Å². The van der Waals surface area contributed by atoms with E-state index in [1.54, 1.807) is 12.1 Å². The van der Waals surface area contributed by atoms with Crippen molar-refractivity contribution in [2.75, 3.05) is 25.5 Å². The summed E-state index contributed by atoms with van der Waals surface area (Å²) in [5.74, 6) is 0.103. The van der Waals surface area contributed by atoms with Gasteiger partial charge >= 0.3 is 0 Å². The molecule has 1 N–H and O–H groups in total. The minimum Gasteiger partial charge on any atom is -0.497 e. The fourth-order valence-electron chi connectivity index (χ4n) is 3.46. The first-order valence-electron chi connectivity index (χ1n) is 9.48. The van der Waals surface area contributed by atoms with E-state index in [2.05, 4.69) is 5.32 Å².